The van der Waals surface area contributed by atoms with Gasteiger partial charge < -0.3 is 11.1 Å². The molecule has 24 heavy (non-hydrogen) atoms. The van der Waals surface area contributed by atoms with Gasteiger partial charge >= 0.3 is 0 Å². The minimum Gasteiger partial charge on any atom is -0.399 e. The van der Waals surface area contributed by atoms with Gasteiger partial charge in [0, 0.05) is 23.1 Å². The maximum absolute atomic E-state index is 13.0. The van der Waals surface area contributed by atoms with Gasteiger partial charge in [0.25, 0.3) is 11.5 Å². The van der Waals surface area contributed by atoms with E-state index in [-0.39, 0.29) is 11.5 Å². The Morgan fingerprint density at radius 2 is 1.67 bits per heavy atom. The Labute approximate surface area is 137 Å². The second kappa shape index (κ2) is 6.37. The quantitative estimate of drug-likeness (QED) is 0.728. The summed E-state index contributed by atoms with van der Waals surface area (Å²) in [4.78, 5) is 24.7. The molecule has 3 aromatic rings. The Morgan fingerprint density at radius 3 is 2.33 bits per heavy atom. The number of nitrogens with one attached hydrogen (secondary N) is 1. The number of carbonyl (C=O) groups excluding carboxylic acids is 1. The molecule has 0 atom stereocenters. The number of rotatable bonds is 3. The maximum atomic E-state index is 13.0. The molecule has 6 heteroatoms. The van der Waals surface area contributed by atoms with Crippen molar-refractivity contribution in [2.45, 2.75) is 0 Å². The first-order valence-corrected chi connectivity index (χ1v) is 7.19. The van der Waals surface area contributed by atoms with Crippen molar-refractivity contribution in [3.05, 3.63) is 88.6 Å². The fourth-order valence-corrected chi connectivity index (χ4v) is 2.22. The predicted molar refractivity (Wildman–Crippen MR) is 90.8 cm³/mol. The summed E-state index contributed by atoms with van der Waals surface area (Å²) in [7, 11) is 0. The van der Waals surface area contributed by atoms with Crippen LogP contribution in [0.15, 0.2) is 71.7 Å². The van der Waals surface area contributed by atoms with Crippen LogP contribution in [-0.2, 0) is 0 Å². The van der Waals surface area contributed by atoms with E-state index in [4.69, 9.17) is 5.73 Å². The molecular weight excluding hydrogens is 309 g/mol. The van der Waals surface area contributed by atoms with Crippen molar-refractivity contribution >= 4 is 17.3 Å². The zero-order valence-electron chi connectivity index (χ0n) is 12.6. The van der Waals surface area contributed by atoms with Crippen LogP contribution in [0.25, 0.3) is 5.69 Å². The van der Waals surface area contributed by atoms with Gasteiger partial charge in [-0.1, -0.05) is 0 Å². The lowest BCUT2D eigenvalue weighted by Gasteiger charge is -2.09. The van der Waals surface area contributed by atoms with Gasteiger partial charge in [0.05, 0.1) is 0 Å². The van der Waals surface area contributed by atoms with Crippen LogP contribution < -0.4 is 16.6 Å². The van der Waals surface area contributed by atoms with Crippen LogP contribution in [0, 0.1) is 5.82 Å². The highest BCUT2D eigenvalue weighted by atomic mass is 19.1. The molecule has 1 heterocycles. The highest BCUT2D eigenvalue weighted by Gasteiger charge is 2.10. The van der Waals surface area contributed by atoms with Gasteiger partial charge in [-0.3, -0.25) is 14.2 Å². The molecule has 3 rings (SSSR count). The molecule has 1 aromatic heterocycles. The average Bonchev–Trinajstić information content (AvgIpc) is 2.58. The van der Waals surface area contributed by atoms with E-state index in [0.29, 0.717) is 16.9 Å². The number of hydrogen-bond donors (Lipinski definition) is 2. The maximum Gasteiger partial charge on any atom is 0.278 e. The van der Waals surface area contributed by atoms with E-state index >= 15 is 0 Å². The summed E-state index contributed by atoms with van der Waals surface area (Å²) < 4.78 is 14.3. The molecule has 0 unspecified atom stereocenters. The van der Waals surface area contributed by atoms with E-state index in [1.807, 2.05) is 0 Å². The van der Waals surface area contributed by atoms with E-state index < -0.39 is 11.5 Å². The topological polar surface area (TPSA) is 77.1 Å². The Bertz CT molecular complexity index is 932. The fraction of sp³-hybridized carbons (Fsp3) is 0. The van der Waals surface area contributed by atoms with Gasteiger partial charge in [0.1, 0.15) is 11.5 Å². The summed E-state index contributed by atoms with van der Waals surface area (Å²) in [5.74, 6) is -0.802. The lowest BCUT2D eigenvalue weighted by Crippen LogP contribution is -2.24. The smallest absolute Gasteiger partial charge is 0.278 e. The van der Waals surface area contributed by atoms with Crippen LogP contribution >= 0.6 is 0 Å². The molecule has 3 N–H and O–H groups in total. The summed E-state index contributed by atoms with van der Waals surface area (Å²) in [6, 6.07) is 15.0. The highest BCUT2D eigenvalue weighted by Crippen LogP contribution is 2.11. The second-order valence-electron chi connectivity index (χ2n) is 5.15. The summed E-state index contributed by atoms with van der Waals surface area (Å²) >= 11 is 0. The number of carbonyl (C=O) groups is 1. The summed E-state index contributed by atoms with van der Waals surface area (Å²) in [6.07, 6.45) is 1.55. The van der Waals surface area contributed by atoms with Gasteiger partial charge in [-0.25, -0.2) is 4.39 Å². The van der Waals surface area contributed by atoms with Crippen molar-refractivity contribution in [3.63, 3.8) is 0 Å². The Hall–Kier alpha value is -3.41. The fourth-order valence-electron chi connectivity index (χ4n) is 2.22. The zero-order chi connectivity index (χ0) is 17.1. The van der Waals surface area contributed by atoms with Crippen molar-refractivity contribution in [2.24, 2.45) is 0 Å². The van der Waals surface area contributed by atoms with E-state index in [9.17, 15) is 14.0 Å². The third kappa shape index (κ3) is 3.17. The number of pyridine rings is 1. The molecule has 0 aliphatic heterocycles. The third-order valence-electron chi connectivity index (χ3n) is 3.47. The normalized spacial score (nSPS) is 10.4. The molecule has 5 nitrogen and oxygen atoms in total. The van der Waals surface area contributed by atoms with E-state index in [1.54, 1.807) is 36.5 Å². The van der Waals surface area contributed by atoms with Crippen molar-refractivity contribution in [1.29, 1.82) is 0 Å². The molecule has 0 bridgehead atoms. The number of amides is 1. The first-order valence-electron chi connectivity index (χ1n) is 7.19. The Balaban J connectivity index is 1.91. The minimum absolute atomic E-state index is 0.128. The lowest BCUT2D eigenvalue weighted by molar-refractivity contribution is 0.102. The molecular formula is C18H14FN3O2. The SMILES string of the molecule is Nc1ccc(C(=O)Nc2cccn(-c3ccc(F)cc3)c2=O)cc1. The minimum atomic E-state index is -0.413. The number of nitrogens with zero attached hydrogens (tertiary/aromatic N) is 1. The Morgan fingerprint density at radius 1 is 1.00 bits per heavy atom. The predicted octanol–water partition coefficient (Wildman–Crippen LogP) is 2.81. The van der Waals surface area contributed by atoms with Crippen LogP contribution in [0.4, 0.5) is 15.8 Å². The molecule has 120 valence electrons. The summed E-state index contributed by atoms with van der Waals surface area (Å²) in [5, 5.41) is 2.58. The van der Waals surface area contributed by atoms with Crippen molar-refractivity contribution < 1.29 is 9.18 Å². The number of halogens is 1. The zero-order valence-corrected chi connectivity index (χ0v) is 12.6. The summed E-state index contributed by atoms with van der Waals surface area (Å²) in [6.45, 7) is 0. The summed E-state index contributed by atoms with van der Waals surface area (Å²) in [5.41, 5.74) is 6.75. The molecule has 0 radical (unpaired) electrons. The van der Waals surface area contributed by atoms with Crippen LogP contribution in [-0.4, -0.2) is 10.5 Å². The standard InChI is InChI=1S/C18H14FN3O2/c19-13-5-9-15(10-6-13)22-11-1-2-16(18(22)24)21-17(23)12-3-7-14(20)8-4-12/h1-11H,20H2,(H,21,23). The number of benzene rings is 2. The van der Waals surface area contributed by atoms with Crippen LogP contribution in [0.5, 0.6) is 0 Å². The second-order valence-corrected chi connectivity index (χ2v) is 5.15. The number of nitrogens with two attached hydrogens (primary N) is 1. The van der Waals surface area contributed by atoms with Gasteiger partial charge in [-0.15, -0.1) is 0 Å². The first kappa shape index (κ1) is 15.5. The van der Waals surface area contributed by atoms with Crippen LogP contribution in [0.1, 0.15) is 10.4 Å². The largest absolute Gasteiger partial charge is 0.399 e. The highest BCUT2D eigenvalue weighted by molar-refractivity contribution is 6.04. The Kier molecular flexibility index (Phi) is 4.11. The van der Waals surface area contributed by atoms with Gasteiger partial charge in [-0.05, 0) is 60.7 Å². The average molecular weight is 323 g/mol. The molecule has 1 amide bonds. The van der Waals surface area contributed by atoms with E-state index in [0.717, 1.165) is 0 Å². The van der Waals surface area contributed by atoms with Crippen molar-refractivity contribution in [3.8, 4) is 5.69 Å². The van der Waals surface area contributed by atoms with Crippen molar-refractivity contribution in [2.75, 3.05) is 11.1 Å². The molecule has 0 fully saturated rings. The number of aromatic nitrogens is 1. The van der Waals surface area contributed by atoms with Gasteiger partial charge in [-0.2, -0.15) is 0 Å². The number of anilines is 2. The van der Waals surface area contributed by atoms with Crippen LogP contribution in [0.3, 0.4) is 0 Å². The monoisotopic (exact) mass is 323 g/mol. The van der Waals surface area contributed by atoms with E-state index in [1.165, 1.54) is 34.9 Å². The first-order chi connectivity index (χ1) is 11.5. The van der Waals surface area contributed by atoms with Gasteiger partial charge in [0.15, 0.2) is 0 Å². The molecule has 0 saturated heterocycles. The lowest BCUT2D eigenvalue weighted by atomic mass is 10.2. The number of nitrogen functional groups attached to an aromatic ring is 1. The molecule has 0 spiro atoms. The van der Waals surface area contributed by atoms with Gasteiger partial charge in [0.2, 0.25) is 0 Å². The molecule has 2 aromatic carbocycles. The van der Waals surface area contributed by atoms with Crippen LogP contribution in [0.2, 0.25) is 0 Å². The van der Waals surface area contributed by atoms with Crippen molar-refractivity contribution in [1.82, 2.24) is 4.57 Å². The molecule has 0 aliphatic rings. The van der Waals surface area contributed by atoms with E-state index in [2.05, 4.69) is 5.32 Å². The third-order valence-corrected chi connectivity index (χ3v) is 3.47. The molecule has 0 aliphatic carbocycles. The number of hydrogen-bond acceptors (Lipinski definition) is 3. The molecule has 0 saturated carbocycles.